The SMILES string of the molecule is C[C@@]12C=C[C@@](C)(N1)[C@@H](F)[C@@H](Oc1cnc(-c3ccc(-n4cc(F)cn4)cc3O)nn1)C2. The molecule has 2 N–H and O–H groups in total. The summed E-state index contributed by atoms with van der Waals surface area (Å²) in [5.41, 5.74) is -0.316. The summed E-state index contributed by atoms with van der Waals surface area (Å²) in [7, 11) is 0. The van der Waals surface area contributed by atoms with Crippen molar-refractivity contribution in [2.75, 3.05) is 0 Å². The molecule has 0 saturated carbocycles. The maximum atomic E-state index is 15.0. The number of phenols is 1. The third-order valence-electron chi connectivity index (χ3n) is 5.73. The number of piperidine rings is 1. The number of benzene rings is 1. The number of halogens is 2. The minimum Gasteiger partial charge on any atom is -0.507 e. The number of nitrogens with zero attached hydrogens (tertiary/aromatic N) is 5. The molecule has 2 aromatic heterocycles. The second-order valence-electron chi connectivity index (χ2n) is 8.35. The van der Waals surface area contributed by atoms with E-state index >= 15 is 0 Å². The number of aromatic nitrogens is 5. The number of fused-ring (bicyclic) bond motifs is 2. The van der Waals surface area contributed by atoms with E-state index in [1.54, 1.807) is 19.1 Å². The largest absolute Gasteiger partial charge is 0.507 e. The summed E-state index contributed by atoms with van der Waals surface area (Å²) in [6.45, 7) is 3.79. The molecule has 160 valence electrons. The number of nitrogens with one attached hydrogen (secondary N) is 1. The Labute approximate surface area is 176 Å². The van der Waals surface area contributed by atoms with Crippen LogP contribution < -0.4 is 10.1 Å². The third kappa shape index (κ3) is 3.42. The number of phenolic OH excluding ortho intramolecular Hbond substituents is 1. The van der Waals surface area contributed by atoms with Crippen LogP contribution in [0.1, 0.15) is 20.3 Å². The Morgan fingerprint density at radius 2 is 2.06 bits per heavy atom. The van der Waals surface area contributed by atoms with Crippen molar-refractivity contribution >= 4 is 0 Å². The van der Waals surface area contributed by atoms with Gasteiger partial charge in [0.05, 0.1) is 35.4 Å². The lowest BCUT2D eigenvalue weighted by atomic mass is 9.83. The van der Waals surface area contributed by atoms with E-state index in [1.165, 1.54) is 23.1 Å². The van der Waals surface area contributed by atoms with Gasteiger partial charge in [-0.15, -0.1) is 10.2 Å². The van der Waals surface area contributed by atoms with Gasteiger partial charge in [-0.3, -0.25) is 5.32 Å². The average molecular weight is 426 g/mol. The number of aromatic hydroxyl groups is 1. The fraction of sp³-hybridized carbons (Fsp3) is 0.333. The van der Waals surface area contributed by atoms with Gasteiger partial charge in [-0.2, -0.15) is 5.10 Å². The first-order valence-electron chi connectivity index (χ1n) is 9.79. The molecule has 1 fully saturated rings. The summed E-state index contributed by atoms with van der Waals surface area (Å²) < 4.78 is 35.2. The van der Waals surface area contributed by atoms with E-state index in [-0.39, 0.29) is 23.0 Å². The van der Waals surface area contributed by atoms with Crippen molar-refractivity contribution in [3.63, 3.8) is 0 Å². The minimum absolute atomic E-state index is 0.105. The number of rotatable bonds is 4. The highest BCUT2D eigenvalue weighted by Crippen LogP contribution is 2.40. The maximum absolute atomic E-state index is 15.0. The van der Waals surface area contributed by atoms with Gasteiger partial charge in [-0.25, -0.2) is 18.4 Å². The van der Waals surface area contributed by atoms with Crippen LogP contribution >= 0.6 is 0 Å². The highest BCUT2D eigenvalue weighted by Gasteiger charge is 2.53. The Hall–Kier alpha value is -3.40. The van der Waals surface area contributed by atoms with E-state index in [0.717, 1.165) is 6.20 Å². The molecule has 2 aliphatic heterocycles. The van der Waals surface area contributed by atoms with Crippen molar-refractivity contribution in [1.82, 2.24) is 30.3 Å². The second-order valence-corrected chi connectivity index (χ2v) is 8.35. The van der Waals surface area contributed by atoms with Gasteiger partial charge in [-0.05, 0) is 26.0 Å². The molecule has 0 amide bonds. The lowest BCUT2D eigenvalue weighted by molar-refractivity contribution is -0.00140. The van der Waals surface area contributed by atoms with Gasteiger partial charge < -0.3 is 9.84 Å². The zero-order valence-corrected chi connectivity index (χ0v) is 16.8. The molecule has 5 rings (SSSR count). The molecule has 1 saturated heterocycles. The number of hydrogen-bond acceptors (Lipinski definition) is 7. The molecule has 3 aromatic rings. The molecular formula is C21H20F2N6O2. The van der Waals surface area contributed by atoms with Crippen LogP contribution in [0.25, 0.3) is 17.1 Å². The topological polar surface area (TPSA) is 98.0 Å². The normalized spacial score (nSPS) is 29.3. The maximum Gasteiger partial charge on any atom is 0.252 e. The van der Waals surface area contributed by atoms with E-state index in [0.29, 0.717) is 17.7 Å². The predicted molar refractivity (Wildman–Crippen MR) is 107 cm³/mol. The lowest BCUT2D eigenvalue weighted by Crippen LogP contribution is -2.64. The quantitative estimate of drug-likeness (QED) is 0.619. The van der Waals surface area contributed by atoms with Crippen LogP contribution in [0.15, 0.2) is 48.9 Å². The van der Waals surface area contributed by atoms with E-state index in [4.69, 9.17) is 4.74 Å². The molecule has 0 unspecified atom stereocenters. The van der Waals surface area contributed by atoms with Crippen molar-refractivity contribution in [1.29, 1.82) is 0 Å². The summed E-state index contributed by atoms with van der Waals surface area (Å²) in [6, 6.07) is 4.64. The van der Waals surface area contributed by atoms with Crippen LogP contribution in [-0.4, -0.2) is 53.4 Å². The smallest absolute Gasteiger partial charge is 0.252 e. The predicted octanol–water partition coefficient (Wildman–Crippen LogP) is 2.74. The highest BCUT2D eigenvalue weighted by atomic mass is 19.1. The molecule has 4 atom stereocenters. The summed E-state index contributed by atoms with van der Waals surface area (Å²) in [6.07, 6.45) is 5.93. The van der Waals surface area contributed by atoms with Gasteiger partial charge in [0.25, 0.3) is 5.88 Å². The Balaban J connectivity index is 1.34. The molecule has 0 aliphatic carbocycles. The number of ether oxygens (including phenoxy) is 1. The highest BCUT2D eigenvalue weighted by molar-refractivity contribution is 5.65. The van der Waals surface area contributed by atoms with Crippen LogP contribution in [0.4, 0.5) is 8.78 Å². The molecule has 0 spiro atoms. The number of alkyl halides is 1. The number of hydrogen-bond donors (Lipinski definition) is 2. The first-order valence-corrected chi connectivity index (χ1v) is 9.79. The Morgan fingerprint density at radius 1 is 1.23 bits per heavy atom. The fourth-order valence-corrected chi connectivity index (χ4v) is 4.24. The van der Waals surface area contributed by atoms with Gasteiger partial charge in [0.15, 0.2) is 17.8 Å². The van der Waals surface area contributed by atoms with Crippen molar-refractivity contribution in [3.05, 3.63) is 54.8 Å². The van der Waals surface area contributed by atoms with Crippen molar-refractivity contribution < 1.29 is 18.6 Å². The van der Waals surface area contributed by atoms with Crippen molar-refractivity contribution in [3.8, 4) is 28.7 Å². The zero-order chi connectivity index (χ0) is 21.8. The molecule has 8 nitrogen and oxygen atoms in total. The van der Waals surface area contributed by atoms with Crippen molar-refractivity contribution in [2.24, 2.45) is 0 Å². The Kier molecular flexibility index (Phi) is 4.30. The lowest BCUT2D eigenvalue weighted by Gasteiger charge is -2.44. The Bertz CT molecular complexity index is 1170. The molecule has 1 aromatic carbocycles. The van der Waals surface area contributed by atoms with Gasteiger partial charge in [0.1, 0.15) is 11.9 Å². The van der Waals surface area contributed by atoms with Crippen LogP contribution in [0.3, 0.4) is 0 Å². The van der Waals surface area contributed by atoms with Crippen LogP contribution in [0, 0.1) is 5.82 Å². The van der Waals surface area contributed by atoms with Crippen LogP contribution in [0.5, 0.6) is 11.6 Å². The summed E-state index contributed by atoms with van der Waals surface area (Å²) >= 11 is 0. The molecule has 2 bridgehead atoms. The second kappa shape index (κ2) is 6.81. The van der Waals surface area contributed by atoms with E-state index < -0.39 is 23.6 Å². The van der Waals surface area contributed by atoms with E-state index in [1.807, 2.05) is 19.1 Å². The summed E-state index contributed by atoms with van der Waals surface area (Å²) in [5.74, 6) is -0.323. The Morgan fingerprint density at radius 3 is 2.74 bits per heavy atom. The van der Waals surface area contributed by atoms with Crippen LogP contribution in [0.2, 0.25) is 0 Å². The molecule has 10 heteroatoms. The monoisotopic (exact) mass is 426 g/mol. The van der Waals surface area contributed by atoms with Crippen LogP contribution in [-0.2, 0) is 0 Å². The first-order chi connectivity index (χ1) is 14.7. The molecule has 31 heavy (non-hydrogen) atoms. The van der Waals surface area contributed by atoms with Gasteiger partial charge in [0, 0.05) is 18.0 Å². The zero-order valence-electron chi connectivity index (χ0n) is 16.8. The minimum atomic E-state index is -1.26. The average Bonchev–Trinajstić information content (AvgIpc) is 3.29. The van der Waals surface area contributed by atoms with E-state index in [2.05, 4.69) is 25.6 Å². The van der Waals surface area contributed by atoms with Gasteiger partial charge in [-0.1, -0.05) is 12.2 Å². The summed E-state index contributed by atoms with van der Waals surface area (Å²) in [4.78, 5) is 4.20. The molecule has 4 heterocycles. The van der Waals surface area contributed by atoms with E-state index in [9.17, 15) is 13.9 Å². The van der Waals surface area contributed by atoms with Crippen molar-refractivity contribution in [2.45, 2.75) is 43.6 Å². The summed E-state index contributed by atoms with van der Waals surface area (Å²) in [5, 5.41) is 25.5. The fourth-order valence-electron chi connectivity index (χ4n) is 4.24. The van der Waals surface area contributed by atoms with Gasteiger partial charge >= 0.3 is 0 Å². The van der Waals surface area contributed by atoms with Gasteiger partial charge in [0.2, 0.25) is 0 Å². The molecule has 0 radical (unpaired) electrons. The molecular weight excluding hydrogens is 406 g/mol. The third-order valence-corrected chi connectivity index (χ3v) is 5.73. The standard InChI is InChI=1S/C21H20F2N6O2/c1-20-5-6-21(2,28-20)18(23)16(8-20)31-17-10-24-19(27-26-17)14-4-3-13(7-15(14)30)29-11-12(22)9-25-29/h3-7,9-11,16,18,28,30H,8H2,1-2H3/t16-,18-,20-,21+/m0/s1. The first kappa shape index (κ1) is 19.6. The molecule has 2 aliphatic rings.